The molecule has 0 radical (unpaired) electrons. The van der Waals surface area contributed by atoms with E-state index in [1.165, 1.54) is 22.2 Å². The molecule has 0 spiro atoms. The maximum absolute atomic E-state index is 9.94. The van der Waals surface area contributed by atoms with E-state index in [2.05, 4.69) is 35.8 Å². The zero-order valence-corrected chi connectivity index (χ0v) is 17.8. The summed E-state index contributed by atoms with van der Waals surface area (Å²) >= 11 is 4.73. The van der Waals surface area contributed by atoms with Gasteiger partial charge in [0, 0.05) is 0 Å². The molecule has 1 aromatic heterocycles. The van der Waals surface area contributed by atoms with Crippen LogP contribution in [0.1, 0.15) is 19.4 Å². The fraction of sp³-hybridized carbons (Fsp3) is 0.150. The zero-order chi connectivity index (χ0) is 19.3. The van der Waals surface area contributed by atoms with Crippen LogP contribution in [0.2, 0.25) is 0 Å². The van der Waals surface area contributed by atoms with Crippen LogP contribution in [0, 0.1) is 11.3 Å². The van der Waals surface area contributed by atoms with Crippen LogP contribution in [-0.2, 0) is 4.79 Å². The van der Waals surface area contributed by atoms with Crippen LogP contribution in [0.25, 0.3) is 21.9 Å². The average molecular weight is 372 g/mol. The van der Waals surface area contributed by atoms with Gasteiger partial charge in [-0.1, -0.05) is 0 Å². The number of hydrogen-bond acceptors (Lipinski definition) is 4. The van der Waals surface area contributed by atoms with E-state index < -0.39 is 10.7 Å². The van der Waals surface area contributed by atoms with E-state index >= 15 is 0 Å². The first-order chi connectivity index (χ1) is 12.3. The molecule has 2 aromatic carbocycles. The first kappa shape index (κ1) is 20.5. The molecule has 0 unspecified atom stereocenters. The number of pyridine rings is 1. The van der Waals surface area contributed by atoms with Gasteiger partial charge in [0.1, 0.15) is 4.75 Å². The zero-order valence-electron chi connectivity index (χ0n) is 14.9. The number of carboxylic acids is 1. The van der Waals surface area contributed by atoms with Crippen molar-refractivity contribution in [3.63, 3.8) is 0 Å². The Balaban J connectivity index is 0.000000298. The van der Waals surface area contributed by atoms with Gasteiger partial charge in [0.05, 0.1) is 0 Å². The van der Waals surface area contributed by atoms with Gasteiger partial charge in [0.25, 0.3) is 0 Å². The van der Waals surface area contributed by atoms with Gasteiger partial charge in [0.15, 0.2) is 0 Å². The van der Waals surface area contributed by atoms with Crippen molar-refractivity contribution in [2.45, 2.75) is 18.6 Å². The van der Waals surface area contributed by atoms with Crippen molar-refractivity contribution in [3.8, 4) is 17.2 Å². The normalized spacial score (nSPS) is 10.6. The molecule has 0 aliphatic rings. The molecule has 0 bridgehead atoms. The first-order valence-corrected chi connectivity index (χ1v) is 9.49. The Morgan fingerprint density at radius 1 is 1.15 bits per heavy atom. The van der Waals surface area contributed by atoms with E-state index in [0.29, 0.717) is 0 Å². The molecule has 0 aliphatic carbocycles. The third-order valence-corrected chi connectivity index (χ3v) is 4.96. The van der Waals surface area contributed by atoms with Gasteiger partial charge >= 0.3 is 135 Å². The van der Waals surface area contributed by atoms with E-state index in [-0.39, 0.29) is 0 Å². The molecule has 3 rings (SSSR count). The van der Waals surface area contributed by atoms with Crippen molar-refractivity contribution in [1.82, 2.24) is 4.98 Å². The second kappa shape index (κ2) is 8.70. The fourth-order valence-corrected chi connectivity index (χ4v) is 2.92. The maximum atomic E-state index is 9.94. The monoisotopic (exact) mass is 372 g/mol. The Kier molecular flexibility index (Phi) is 6.85. The van der Waals surface area contributed by atoms with Crippen molar-refractivity contribution >= 4 is 60.1 Å². The van der Waals surface area contributed by atoms with E-state index in [0.717, 1.165) is 49.8 Å². The van der Waals surface area contributed by atoms with Crippen LogP contribution < -0.4 is 2.81 Å². The Bertz CT molecular complexity index is 991. The van der Waals surface area contributed by atoms with E-state index in [1.54, 1.807) is 0 Å². The molecule has 0 atom stereocenters. The SMILES string of the molecule is CC(C)(S)C(=O)O.N#Cc1ccc(-c2cncc[c]2[Na])c2ccccc12. The number of aromatic nitrogens is 1. The Morgan fingerprint density at radius 2 is 1.77 bits per heavy atom. The standard InChI is InChI=1S/C16H9N2.C4H8O2S.Na/c17-10-12-7-8-15(13-4-3-9-18-11-13)16-6-2-1-5-14(12)16;1-4(2,7)3(5)6;/h1-3,5-9,11H;7H,1-2H3,(H,5,6);. The van der Waals surface area contributed by atoms with E-state index in [9.17, 15) is 10.1 Å². The summed E-state index contributed by atoms with van der Waals surface area (Å²) in [7, 11) is 0. The van der Waals surface area contributed by atoms with Crippen LogP contribution in [0.15, 0.2) is 54.9 Å². The summed E-state index contributed by atoms with van der Waals surface area (Å²) < 4.78 is 0.435. The van der Waals surface area contributed by atoms with Crippen molar-refractivity contribution in [2.24, 2.45) is 0 Å². The van der Waals surface area contributed by atoms with Crippen LogP contribution in [-0.4, -0.2) is 48.7 Å². The Labute approximate surface area is 175 Å². The van der Waals surface area contributed by atoms with Crippen molar-refractivity contribution in [2.75, 3.05) is 0 Å². The summed E-state index contributed by atoms with van der Waals surface area (Å²) in [6.45, 7) is 3.05. The molecule has 0 amide bonds. The number of carbonyl (C=O) groups is 1. The summed E-state index contributed by atoms with van der Waals surface area (Å²) in [4.78, 5) is 14.2. The third kappa shape index (κ3) is 4.87. The number of rotatable bonds is 2. The van der Waals surface area contributed by atoms with Gasteiger partial charge in [-0.3, -0.25) is 4.79 Å². The quantitative estimate of drug-likeness (QED) is 0.534. The predicted molar refractivity (Wildman–Crippen MR) is 108 cm³/mol. The second-order valence-corrected chi connectivity index (χ2v) is 8.57. The topological polar surface area (TPSA) is 74.0 Å². The minimum absolute atomic E-state index is 0.720. The van der Waals surface area contributed by atoms with Gasteiger partial charge in [-0.15, -0.1) is 0 Å². The number of thiol groups is 1. The van der Waals surface area contributed by atoms with E-state index in [1.807, 2.05) is 42.7 Å². The number of fused-ring (bicyclic) bond motifs is 1. The van der Waals surface area contributed by atoms with Crippen LogP contribution in [0.5, 0.6) is 0 Å². The Hall–Kier alpha value is -1.84. The van der Waals surface area contributed by atoms with Crippen LogP contribution in [0.4, 0.5) is 0 Å². The number of carboxylic acid groups (broad SMARTS) is 1. The van der Waals surface area contributed by atoms with Crippen LogP contribution >= 0.6 is 12.6 Å². The molecule has 1 heterocycles. The molecule has 1 N–H and O–H groups in total. The number of hydrogen-bond donors (Lipinski definition) is 2. The van der Waals surface area contributed by atoms with E-state index in [4.69, 9.17) is 5.11 Å². The van der Waals surface area contributed by atoms with Crippen molar-refractivity contribution in [1.29, 1.82) is 5.26 Å². The van der Waals surface area contributed by atoms with Gasteiger partial charge in [-0.05, 0) is 13.8 Å². The minimum atomic E-state index is -0.893. The number of aliphatic carboxylic acids is 1. The molecule has 4 nitrogen and oxygen atoms in total. The second-order valence-electron chi connectivity index (χ2n) is 6.37. The summed E-state index contributed by atoms with van der Waals surface area (Å²) in [5.41, 5.74) is 3.06. The van der Waals surface area contributed by atoms with Crippen molar-refractivity contribution < 1.29 is 9.90 Å². The van der Waals surface area contributed by atoms with Gasteiger partial charge < -0.3 is 5.11 Å². The molecular formula is C20H17N2NaO2S. The summed E-state index contributed by atoms with van der Waals surface area (Å²) in [6, 6.07) is 16.3. The summed E-state index contributed by atoms with van der Waals surface area (Å²) in [5.74, 6) is -0.893. The molecule has 0 aliphatic heterocycles. The molecule has 0 saturated carbocycles. The summed E-state index contributed by atoms with van der Waals surface area (Å²) in [5, 5.41) is 19.5. The molecule has 0 saturated heterocycles. The molecule has 6 heteroatoms. The third-order valence-electron chi connectivity index (χ3n) is 3.90. The van der Waals surface area contributed by atoms with Gasteiger partial charge in [-0.2, -0.15) is 12.6 Å². The molecule has 3 aromatic rings. The summed E-state index contributed by atoms with van der Waals surface area (Å²) in [6.07, 6.45) is 3.74. The molecular weight excluding hydrogens is 355 g/mol. The average Bonchev–Trinajstić information content (AvgIpc) is 2.61. The Morgan fingerprint density at radius 3 is 2.31 bits per heavy atom. The number of nitriles is 1. The molecule has 0 fully saturated rings. The number of nitrogens with zero attached hydrogens (tertiary/aromatic N) is 2. The predicted octanol–water partition coefficient (Wildman–Crippen LogP) is 3.35. The molecule has 26 heavy (non-hydrogen) atoms. The molecule has 126 valence electrons. The van der Waals surface area contributed by atoms with Crippen LogP contribution in [0.3, 0.4) is 0 Å². The van der Waals surface area contributed by atoms with Gasteiger partial charge in [-0.25, -0.2) is 0 Å². The fourth-order valence-electron chi connectivity index (χ4n) is 2.38. The van der Waals surface area contributed by atoms with Crippen molar-refractivity contribution in [3.05, 3.63) is 60.4 Å². The van der Waals surface area contributed by atoms with Gasteiger partial charge in [0.2, 0.25) is 0 Å². The first-order valence-electron chi connectivity index (χ1n) is 8.04. The number of benzene rings is 2.